The monoisotopic (exact) mass is 530 g/mol. The Morgan fingerprint density at radius 1 is 0.949 bits per heavy atom. The first-order valence-electron chi connectivity index (χ1n) is 12.5. The first-order valence-corrected chi connectivity index (χ1v) is 13.3. The number of amides is 1. The van der Waals surface area contributed by atoms with Gasteiger partial charge in [0, 0.05) is 11.6 Å². The lowest BCUT2D eigenvalue weighted by Gasteiger charge is -2.21. The topological polar surface area (TPSA) is 87.4 Å². The van der Waals surface area contributed by atoms with E-state index in [-0.39, 0.29) is 17.8 Å². The Kier molecular flexibility index (Phi) is 5.49. The number of anilines is 1. The van der Waals surface area contributed by atoms with Crippen molar-refractivity contribution in [2.45, 2.75) is 12.5 Å². The fourth-order valence-electron chi connectivity index (χ4n) is 5.16. The van der Waals surface area contributed by atoms with Crippen LogP contribution in [0.2, 0.25) is 0 Å². The fraction of sp³-hybridized carbons (Fsp3) is 0.0968. The normalized spacial score (nSPS) is 16.4. The summed E-state index contributed by atoms with van der Waals surface area (Å²) in [6.45, 7) is 0. The highest BCUT2D eigenvalue weighted by Crippen LogP contribution is 2.43. The third-order valence-corrected chi connectivity index (χ3v) is 8.18. The minimum atomic E-state index is -0.379. The minimum absolute atomic E-state index is 0.156. The molecule has 1 unspecified atom stereocenters. The molecule has 8 heteroatoms. The van der Waals surface area contributed by atoms with Crippen LogP contribution in [0.1, 0.15) is 28.5 Å². The van der Waals surface area contributed by atoms with Crippen molar-refractivity contribution < 1.29 is 14.6 Å². The van der Waals surface area contributed by atoms with E-state index in [9.17, 15) is 9.90 Å². The zero-order valence-corrected chi connectivity index (χ0v) is 21.7. The van der Waals surface area contributed by atoms with Gasteiger partial charge in [0.15, 0.2) is 0 Å². The number of methoxy groups -OCH3 is 1. The highest BCUT2D eigenvalue weighted by molar-refractivity contribution is 7.17. The first-order chi connectivity index (χ1) is 19.1. The largest absolute Gasteiger partial charge is 0.497 e. The van der Waals surface area contributed by atoms with Gasteiger partial charge in [-0.1, -0.05) is 78.1 Å². The van der Waals surface area contributed by atoms with Crippen LogP contribution in [0.4, 0.5) is 5.13 Å². The Labute approximate surface area is 227 Å². The molecule has 1 N–H and O–H groups in total. The van der Waals surface area contributed by atoms with Gasteiger partial charge < -0.3 is 9.84 Å². The molecule has 2 aliphatic heterocycles. The number of fused-ring (bicyclic) bond motifs is 2. The number of aromatic nitrogens is 1. The van der Waals surface area contributed by atoms with Crippen molar-refractivity contribution in [3.63, 3.8) is 0 Å². The van der Waals surface area contributed by atoms with Crippen LogP contribution in [0.25, 0.3) is 16.3 Å². The number of hydrazone groups is 1. The standard InChI is InChI=1S/C31H22N4O3S/c1-38-22-14-12-19(13-15-22)26-17-25(21-11-10-18-6-2-3-7-20(18)16-21)34-35(26)31-33-30(37)28(39-31)27-23-8-4-5-9-24(23)32-29(27)36/h2-16,26,37H,17H2,1H3. The molecule has 0 saturated heterocycles. The predicted molar refractivity (Wildman–Crippen MR) is 152 cm³/mol. The van der Waals surface area contributed by atoms with Gasteiger partial charge in [-0.15, -0.1) is 0 Å². The number of thiazole rings is 1. The summed E-state index contributed by atoms with van der Waals surface area (Å²) >= 11 is 1.24. The minimum Gasteiger partial charge on any atom is -0.497 e. The number of para-hydroxylation sites is 1. The maximum atomic E-state index is 12.8. The molecule has 0 fully saturated rings. The molecule has 0 aliphatic carbocycles. The molecule has 5 aromatic rings. The van der Waals surface area contributed by atoms with E-state index in [0.717, 1.165) is 28.0 Å². The summed E-state index contributed by atoms with van der Waals surface area (Å²) in [7, 11) is 1.64. The molecule has 1 amide bonds. The van der Waals surface area contributed by atoms with Crippen LogP contribution in [0.3, 0.4) is 0 Å². The van der Waals surface area contributed by atoms with Crippen molar-refractivity contribution >= 4 is 44.4 Å². The second-order valence-electron chi connectivity index (χ2n) is 9.40. The lowest BCUT2D eigenvalue weighted by Crippen LogP contribution is -2.22. The number of ether oxygens (including phenoxy) is 1. The van der Waals surface area contributed by atoms with E-state index in [4.69, 9.17) is 9.84 Å². The lowest BCUT2D eigenvalue weighted by atomic mass is 9.97. The van der Waals surface area contributed by atoms with Crippen molar-refractivity contribution in [2.75, 3.05) is 12.1 Å². The molecule has 4 aromatic carbocycles. The molecule has 2 aliphatic rings. The fourth-order valence-corrected chi connectivity index (χ4v) is 6.17. The Morgan fingerprint density at radius 2 is 1.72 bits per heavy atom. The van der Waals surface area contributed by atoms with Crippen LogP contribution in [0, 0.1) is 0 Å². The SMILES string of the molecule is COc1ccc(C2CC(c3ccc4ccccc4c3)=NN2c2nc(O)c(C3=c4ccccc4=NC3=O)s2)cc1. The third kappa shape index (κ3) is 3.97. The molecule has 0 bridgehead atoms. The zero-order chi connectivity index (χ0) is 26.5. The van der Waals surface area contributed by atoms with Crippen molar-refractivity contribution in [1.82, 2.24) is 4.98 Å². The van der Waals surface area contributed by atoms with E-state index >= 15 is 0 Å². The number of rotatable bonds is 5. The molecule has 1 aromatic heterocycles. The van der Waals surface area contributed by atoms with Gasteiger partial charge in [-0.3, -0.25) is 4.79 Å². The molecular weight excluding hydrogens is 508 g/mol. The van der Waals surface area contributed by atoms with Gasteiger partial charge in [0.2, 0.25) is 11.0 Å². The summed E-state index contributed by atoms with van der Waals surface area (Å²) in [6.07, 6.45) is 0.647. The first kappa shape index (κ1) is 23.3. The molecule has 0 spiro atoms. The van der Waals surface area contributed by atoms with Gasteiger partial charge in [0.1, 0.15) is 10.6 Å². The molecule has 3 heterocycles. The second kappa shape index (κ2) is 9.18. The Bertz CT molecular complexity index is 1930. The molecule has 0 saturated carbocycles. The van der Waals surface area contributed by atoms with Crippen LogP contribution in [0.15, 0.2) is 101 Å². The van der Waals surface area contributed by atoms with Gasteiger partial charge in [-0.05, 0) is 46.2 Å². The van der Waals surface area contributed by atoms with Crippen molar-refractivity contribution in [2.24, 2.45) is 10.1 Å². The summed E-state index contributed by atoms with van der Waals surface area (Å²) in [6, 6.07) is 29.7. The zero-order valence-electron chi connectivity index (χ0n) is 20.9. The Morgan fingerprint density at radius 3 is 2.54 bits per heavy atom. The van der Waals surface area contributed by atoms with Crippen LogP contribution in [-0.4, -0.2) is 28.8 Å². The summed E-state index contributed by atoms with van der Waals surface area (Å²) in [5, 5.41) is 21.9. The number of nitrogens with zero attached hydrogens (tertiary/aromatic N) is 4. The Balaban J connectivity index is 1.34. The number of aromatic hydroxyl groups is 1. The second-order valence-corrected chi connectivity index (χ2v) is 10.4. The third-order valence-electron chi connectivity index (χ3n) is 7.12. The Hall–Kier alpha value is -4.82. The molecule has 190 valence electrons. The highest BCUT2D eigenvalue weighted by Gasteiger charge is 2.34. The average Bonchev–Trinajstić information content (AvgIpc) is 3.67. The molecule has 1 atom stereocenters. The van der Waals surface area contributed by atoms with Gasteiger partial charge in [0.05, 0.1) is 29.8 Å². The van der Waals surface area contributed by atoms with E-state index in [1.54, 1.807) is 13.2 Å². The van der Waals surface area contributed by atoms with Crippen molar-refractivity contribution in [1.29, 1.82) is 0 Å². The highest BCUT2D eigenvalue weighted by atomic mass is 32.1. The number of hydrogen-bond donors (Lipinski definition) is 1. The number of benzene rings is 4. The van der Waals surface area contributed by atoms with Crippen molar-refractivity contribution in [3.8, 4) is 11.6 Å². The molecule has 0 radical (unpaired) electrons. The number of carbonyl (C=O) groups excluding carboxylic acids is 1. The van der Waals surface area contributed by atoms with Crippen LogP contribution in [0.5, 0.6) is 11.6 Å². The molecule has 39 heavy (non-hydrogen) atoms. The quantitative estimate of drug-likeness (QED) is 0.355. The van der Waals surface area contributed by atoms with Gasteiger partial charge in [-0.25, -0.2) is 10.0 Å². The van der Waals surface area contributed by atoms with Gasteiger partial charge >= 0.3 is 0 Å². The van der Waals surface area contributed by atoms with Gasteiger partial charge in [0.25, 0.3) is 5.91 Å². The smallest absolute Gasteiger partial charge is 0.279 e. The lowest BCUT2D eigenvalue weighted by molar-refractivity contribution is -0.112. The maximum absolute atomic E-state index is 12.8. The van der Waals surface area contributed by atoms with E-state index in [1.165, 1.54) is 16.7 Å². The van der Waals surface area contributed by atoms with Crippen LogP contribution in [-0.2, 0) is 4.79 Å². The van der Waals surface area contributed by atoms with E-state index in [2.05, 4.69) is 40.3 Å². The van der Waals surface area contributed by atoms with E-state index in [1.807, 2.05) is 59.6 Å². The van der Waals surface area contributed by atoms with E-state index in [0.29, 0.717) is 32.6 Å². The summed E-state index contributed by atoms with van der Waals surface area (Å²) in [5.41, 5.74) is 3.36. The van der Waals surface area contributed by atoms with Crippen LogP contribution >= 0.6 is 11.3 Å². The molecular formula is C31H22N4O3S. The predicted octanol–water partition coefficient (Wildman–Crippen LogP) is 4.73. The molecule has 7 nitrogen and oxygen atoms in total. The summed E-state index contributed by atoms with van der Waals surface area (Å²) in [4.78, 5) is 21.8. The molecule has 7 rings (SSSR count). The maximum Gasteiger partial charge on any atom is 0.279 e. The van der Waals surface area contributed by atoms with Gasteiger partial charge in [-0.2, -0.15) is 10.1 Å². The summed E-state index contributed by atoms with van der Waals surface area (Å²) < 4.78 is 5.36. The summed E-state index contributed by atoms with van der Waals surface area (Å²) in [5.74, 6) is 0.190. The van der Waals surface area contributed by atoms with Crippen LogP contribution < -0.4 is 20.3 Å². The number of carbonyl (C=O) groups is 1. The number of hydrogen-bond acceptors (Lipinski definition) is 7. The van der Waals surface area contributed by atoms with Crippen molar-refractivity contribution in [3.05, 3.63) is 118 Å². The van der Waals surface area contributed by atoms with E-state index < -0.39 is 0 Å². The average molecular weight is 531 g/mol.